The van der Waals surface area contributed by atoms with Gasteiger partial charge in [0, 0.05) is 23.4 Å². The topological polar surface area (TPSA) is 66.4 Å². The summed E-state index contributed by atoms with van der Waals surface area (Å²) in [5.74, 6) is -0.883. The second kappa shape index (κ2) is 8.03. The molecule has 1 aromatic rings. The van der Waals surface area contributed by atoms with E-state index in [4.69, 9.17) is 16.7 Å². The van der Waals surface area contributed by atoms with Crippen molar-refractivity contribution in [2.45, 2.75) is 51.5 Å². The summed E-state index contributed by atoms with van der Waals surface area (Å²) in [4.78, 5) is 22.3. The first-order valence-corrected chi connectivity index (χ1v) is 7.44. The standard InChI is InChI=1S/C16H22ClNO3/c1-16(2,11-12-7-3-4-8-13(12)17)18-14(19)9-5-6-10-15(20)21/h3-4,7-8H,5-6,9-11H2,1-2H3,(H,18,19)(H,20,21). The van der Waals surface area contributed by atoms with E-state index < -0.39 is 11.5 Å². The van der Waals surface area contributed by atoms with Crippen LogP contribution in [0.5, 0.6) is 0 Å². The van der Waals surface area contributed by atoms with Crippen molar-refractivity contribution in [1.29, 1.82) is 0 Å². The average Bonchev–Trinajstić information content (AvgIpc) is 2.36. The van der Waals surface area contributed by atoms with Crippen LogP contribution in [0.1, 0.15) is 45.1 Å². The number of carboxylic acids is 1. The highest BCUT2D eigenvalue weighted by Crippen LogP contribution is 2.21. The molecule has 0 aliphatic heterocycles. The van der Waals surface area contributed by atoms with Crippen molar-refractivity contribution in [2.75, 3.05) is 0 Å². The van der Waals surface area contributed by atoms with Crippen molar-refractivity contribution in [3.8, 4) is 0 Å². The first-order valence-electron chi connectivity index (χ1n) is 7.06. The Bertz CT molecular complexity index is 500. The van der Waals surface area contributed by atoms with Crippen LogP contribution in [-0.4, -0.2) is 22.5 Å². The van der Waals surface area contributed by atoms with Gasteiger partial charge in [0.2, 0.25) is 5.91 Å². The molecule has 116 valence electrons. The Morgan fingerprint density at radius 2 is 1.81 bits per heavy atom. The molecular formula is C16H22ClNO3. The van der Waals surface area contributed by atoms with Gasteiger partial charge in [-0.2, -0.15) is 0 Å². The molecule has 0 saturated heterocycles. The van der Waals surface area contributed by atoms with Gasteiger partial charge in [-0.15, -0.1) is 0 Å². The number of benzene rings is 1. The fourth-order valence-corrected chi connectivity index (χ4v) is 2.37. The van der Waals surface area contributed by atoms with Gasteiger partial charge in [-0.3, -0.25) is 9.59 Å². The maximum Gasteiger partial charge on any atom is 0.303 e. The van der Waals surface area contributed by atoms with Gasteiger partial charge in [-0.1, -0.05) is 29.8 Å². The molecule has 0 fully saturated rings. The van der Waals surface area contributed by atoms with Gasteiger partial charge >= 0.3 is 5.97 Å². The van der Waals surface area contributed by atoms with E-state index in [0.29, 0.717) is 30.7 Å². The second-order valence-electron chi connectivity index (χ2n) is 5.80. The monoisotopic (exact) mass is 311 g/mol. The fraction of sp³-hybridized carbons (Fsp3) is 0.500. The smallest absolute Gasteiger partial charge is 0.303 e. The quantitative estimate of drug-likeness (QED) is 0.723. The summed E-state index contributed by atoms with van der Waals surface area (Å²) in [6.07, 6.45) is 2.21. The Morgan fingerprint density at radius 3 is 2.43 bits per heavy atom. The molecule has 0 aliphatic carbocycles. The van der Waals surface area contributed by atoms with E-state index in [2.05, 4.69) is 5.32 Å². The van der Waals surface area contributed by atoms with E-state index in [0.717, 1.165) is 5.56 Å². The molecule has 0 atom stereocenters. The number of carboxylic acid groups (broad SMARTS) is 1. The normalized spacial score (nSPS) is 11.2. The Morgan fingerprint density at radius 1 is 1.19 bits per heavy atom. The summed E-state index contributed by atoms with van der Waals surface area (Å²) >= 11 is 6.13. The van der Waals surface area contributed by atoms with Crippen LogP contribution < -0.4 is 5.32 Å². The van der Waals surface area contributed by atoms with E-state index in [9.17, 15) is 9.59 Å². The van der Waals surface area contributed by atoms with Crippen molar-refractivity contribution in [2.24, 2.45) is 0 Å². The number of amides is 1. The molecule has 0 aliphatic rings. The number of carbonyl (C=O) groups excluding carboxylic acids is 1. The molecule has 0 aromatic heterocycles. The molecule has 0 spiro atoms. The largest absolute Gasteiger partial charge is 0.481 e. The average molecular weight is 312 g/mol. The molecule has 0 heterocycles. The van der Waals surface area contributed by atoms with Crippen LogP contribution in [0.3, 0.4) is 0 Å². The van der Waals surface area contributed by atoms with E-state index >= 15 is 0 Å². The predicted octanol–water partition coefficient (Wildman–Crippen LogP) is 3.42. The summed E-state index contributed by atoms with van der Waals surface area (Å²) in [7, 11) is 0. The highest BCUT2D eigenvalue weighted by Gasteiger charge is 2.21. The Hall–Kier alpha value is -1.55. The molecule has 0 saturated carbocycles. The van der Waals surface area contributed by atoms with Crippen LogP contribution in [0.4, 0.5) is 0 Å². The third-order valence-electron chi connectivity index (χ3n) is 3.11. The zero-order valence-electron chi connectivity index (χ0n) is 12.5. The van der Waals surface area contributed by atoms with Crippen molar-refractivity contribution < 1.29 is 14.7 Å². The molecule has 4 nitrogen and oxygen atoms in total. The molecule has 1 rings (SSSR count). The second-order valence-corrected chi connectivity index (χ2v) is 6.21. The summed E-state index contributed by atoms with van der Waals surface area (Å²) in [5, 5.41) is 12.2. The van der Waals surface area contributed by atoms with E-state index in [-0.39, 0.29) is 12.3 Å². The van der Waals surface area contributed by atoms with Gasteiger partial charge in [0.15, 0.2) is 0 Å². The highest BCUT2D eigenvalue weighted by molar-refractivity contribution is 6.31. The maximum atomic E-state index is 11.9. The lowest BCUT2D eigenvalue weighted by atomic mass is 9.94. The number of nitrogens with one attached hydrogen (secondary N) is 1. The Labute approximate surface area is 130 Å². The molecule has 5 heteroatoms. The van der Waals surface area contributed by atoms with Crippen LogP contribution >= 0.6 is 11.6 Å². The third-order valence-corrected chi connectivity index (χ3v) is 3.48. The lowest BCUT2D eigenvalue weighted by molar-refractivity contribution is -0.137. The highest BCUT2D eigenvalue weighted by atomic mass is 35.5. The molecule has 0 unspecified atom stereocenters. The van der Waals surface area contributed by atoms with Gasteiger partial charge < -0.3 is 10.4 Å². The number of aliphatic carboxylic acids is 1. The Balaban J connectivity index is 2.43. The van der Waals surface area contributed by atoms with E-state index in [1.54, 1.807) is 0 Å². The minimum atomic E-state index is -0.825. The number of hydrogen-bond donors (Lipinski definition) is 2. The van der Waals surface area contributed by atoms with Gasteiger partial charge in [-0.05, 0) is 44.7 Å². The van der Waals surface area contributed by atoms with Crippen LogP contribution in [0.15, 0.2) is 24.3 Å². The van der Waals surface area contributed by atoms with Gasteiger partial charge in [0.1, 0.15) is 0 Å². The summed E-state index contributed by atoms with van der Waals surface area (Å²) in [5.41, 5.74) is 0.602. The molecule has 1 aromatic carbocycles. The van der Waals surface area contributed by atoms with Gasteiger partial charge in [-0.25, -0.2) is 0 Å². The molecule has 0 bridgehead atoms. The van der Waals surface area contributed by atoms with Crippen LogP contribution in [-0.2, 0) is 16.0 Å². The molecule has 2 N–H and O–H groups in total. The van der Waals surface area contributed by atoms with Crippen molar-refractivity contribution >= 4 is 23.5 Å². The van der Waals surface area contributed by atoms with Crippen LogP contribution in [0.2, 0.25) is 5.02 Å². The fourth-order valence-electron chi connectivity index (χ4n) is 2.16. The lowest BCUT2D eigenvalue weighted by Crippen LogP contribution is -2.45. The van der Waals surface area contributed by atoms with Crippen LogP contribution in [0.25, 0.3) is 0 Å². The minimum Gasteiger partial charge on any atom is -0.481 e. The molecule has 21 heavy (non-hydrogen) atoms. The summed E-state index contributed by atoms with van der Waals surface area (Å²) in [6, 6.07) is 7.58. The first-order chi connectivity index (χ1) is 9.80. The SMILES string of the molecule is CC(C)(Cc1ccccc1Cl)NC(=O)CCCCC(=O)O. The van der Waals surface area contributed by atoms with E-state index in [1.165, 1.54) is 0 Å². The minimum absolute atomic E-state index is 0.0579. The lowest BCUT2D eigenvalue weighted by Gasteiger charge is -2.27. The van der Waals surface area contributed by atoms with Crippen molar-refractivity contribution in [3.05, 3.63) is 34.9 Å². The zero-order chi connectivity index (χ0) is 15.9. The third kappa shape index (κ3) is 7.14. The first kappa shape index (κ1) is 17.5. The number of halogens is 1. The zero-order valence-corrected chi connectivity index (χ0v) is 13.2. The van der Waals surface area contributed by atoms with E-state index in [1.807, 2.05) is 38.1 Å². The maximum absolute atomic E-state index is 11.9. The molecule has 1 amide bonds. The number of unbranched alkanes of at least 4 members (excludes halogenated alkanes) is 1. The van der Waals surface area contributed by atoms with Crippen molar-refractivity contribution in [3.63, 3.8) is 0 Å². The Kier molecular flexibility index (Phi) is 6.69. The van der Waals surface area contributed by atoms with Gasteiger partial charge in [0.25, 0.3) is 0 Å². The van der Waals surface area contributed by atoms with Crippen molar-refractivity contribution in [1.82, 2.24) is 5.32 Å². The van der Waals surface area contributed by atoms with Gasteiger partial charge in [0.05, 0.1) is 0 Å². The summed E-state index contributed by atoms with van der Waals surface area (Å²) < 4.78 is 0. The number of carbonyl (C=O) groups is 2. The molecular weight excluding hydrogens is 290 g/mol. The number of rotatable bonds is 8. The molecule has 0 radical (unpaired) electrons. The summed E-state index contributed by atoms with van der Waals surface area (Å²) in [6.45, 7) is 3.90. The van der Waals surface area contributed by atoms with Crippen LogP contribution in [0, 0.1) is 0 Å². The number of hydrogen-bond acceptors (Lipinski definition) is 2. The predicted molar refractivity (Wildman–Crippen MR) is 83.5 cm³/mol.